The van der Waals surface area contributed by atoms with Crippen molar-refractivity contribution in [3.8, 4) is 0 Å². The normalized spacial score (nSPS) is 22.1. The molecule has 3 atom stereocenters. The monoisotopic (exact) mass is 308 g/mol. The third-order valence-corrected chi connectivity index (χ3v) is 4.38. The fourth-order valence-corrected chi connectivity index (χ4v) is 3.01. The molecule has 2 N–H and O–H groups in total. The van der Waals surface area contributed by atoms with E-state index in [0.717, 1.165) is 32.4 Å². The van der Waals surface area contributed by atoms with Crippen molar-refractivity contribution in [3.63, 3.8) is 0 Å². The molecule has 0 aliphatic carbocycles. The fraction of sp³-hybridized carbons (Fsp3) is 0.588. The molecule has 1 aromatic carbocycles. The molecule has 1 amide bonds. The standard InChI is InChI=1S/C17H25FN2O2/c1-3-20-11-5-4-6-15(20)17(22)19-12(2)16(21)13-7-9-14(18)10-8-13/h7-10,12,15-16,21H,3-6,11H2,1-2H3,(H,19,22). The molecule has 3 unspecified atom stereocenters. The third kappa shape index (κ3) is 4.05. The van der Waals surface area contributed by atoms with Gasteiger partial charge in [0.2, 0.25) is 5.91 Å². The molecular weight excluding hydrogens is 283 g/mol. The van der Waals surface area contributed by atoms with Crippen LogP contribution in [-0.4, -0.2) is 41.1 Å². The Morgan fingerprint density at radius 3 is 2.73 bits per heavy atom. The lowest BCUT2D eigenvalue weighted by molar-refractivity contribution is -0.129. The average molecular weight is 308 g/mol. The van der Waals surface area contributed by atoms with E-state index < -0.39 is 12.1 Å². The minimum Gasteiger partial charge on any atom is -0.386 e. The van der Waals surface area contributed by atoms with Gasteiger partial charge in [-0.05, 0) is 50.6 Å². The van der Waals surface area contributed by atoms with Crippen LogP contribution in [0.3, 0.4) is 0 Å². The predicted molar refractivity (Wildman–Crippen MR) is 83.9 cm³/mol. The first-order valence-electron chi connectivity index (χ1n) is 8.01. The largest absolute Gasteiger partial charge is 0.386 e. The molecule has 1 aliphatic heterocycles. The fourth-order valence-electron chi connectivity index (χ4n) is 3.01. The number of aliphatic hydroxyl groups is 1. The Hall–Kier alpha value is -1.46. The summed E-state index contributed by atoms with van der Waals surface area (Å²) in [6, 6.07) is 5.18. The van der Waals surface area contributed by atoms with E-state index in [-0.39, 0.29) is 17.8 Å². The van der Waals surface area contributed by atoms with Gasteiger partial charge in [0.1, 0.15) is 5.82 Å². The zero-order chi connectivity index (χ0) is 16.1. The first kappa shape index (κ1) is 16.9. The maximum atomic E-state index is 12.9. The van der Waals surface area contributed by atoms with Crippen LogP contribution in [0.25, 0.3) is 0 Å². The van der Waals surface area contributed by atoms with Gasteiger partial charge in [-0.25, -0.2) is 4.39 Å². The zero-order valence-electron chi connectivity index (χ0n) is 13.3. The summed E-state index contributed by atoms with van der Waals surface area (Å²) in [5, 5.41) is 13.2. The maximum absolute atomic E-state index is 12.9. The number of hydrogen-bond donors (Lipinski definition) is 2. The average Bonchev–Trinajstić information content (AvgIpc) is 2.54. The lowest BCUT2D eigenvalue weighted by Gasteiger charge is -2.34. The molecule has 122 valence electrons. The SMILES string of the molecule is CCN1CCCCC1C(=O)NC(C)C(O)c1ccc(F)cc1. The summed E-state index contributed by atoms with van der Waals surface area (Å²) in [5.41, 5.74) is 0.602. The summed E-state index contributed by atoms with van der Waals surface area (Å²) >= 11 is 0. The molecule has 0 spiro atoms. The first-order valence-corrected chi connectivity index (χ1v) is 8.01. The number of likely N-dealkylation sites (N-methyl/N-ethyl adjacent to an activating group) is 1. The first-order chi connectivity index (χ1) is 10.5. The Morgan fingerprint density at radius 2 is 2.09 bits per heavy atom. The second-order valence-corrected chi connectivity index (χ2v) is 5.93. The second kappa shape index (κ2) is 7.70. The highest BCUT2D eigenvalue weighted by Crippen LogP contribution is 2.20. The van der Waals surface area contributed by atoms with Crippen LogP contribution in [-0.2, 0) is 4.79 Å². The van der Waals surface area contributed by atoms with Crippen molar-refractivity contribution in [2.75, 3.05) is 13.1 Å². The summed E-state index contributed by atoms with van der Waals surface area (Å²) in [4.78, 5) is 14.6. The van der Waals surface area contributed by atoms with Crippen molar-refractivity contribution >= 4 is 5.91 Å². The van der Waals surface area contributed by atoms with Crippen LogP contribution < -0.4 is 5.32 Å². The van der Waals surface area contributed by atoms with Crippen LogP contribution in [0.4, 0.5) is 4.39 Å². The van der Waals surface area contributed by atoms with Crippen LogP contribution in [0, 0.1) is 5.82 Å². The molecular formula is C17H25FN2O2. The molecule has 0 radical (unpaired) electrons. The molecule has 4 nitrogen and oxygen atoms in total. The topological polar surface area (TPSA) is 52.6 Å². The van der Waals surface area contributed by atoms with Crippen molar-refractivity contribution in [1.82, 2.24) is 10.2 Å². The van der Waals surface area contributed by atoms with Gasteiger partial charge in [0.25, 0.3) is 0 Å². The quantitative estimate of drug-likeness (QED) is 0.877. The predicted octanol–water partition coefficient (Wildman–Crippen LogP) is 2.24. The van der Waals surface area contributed by atoms with Gasteiger partial charge in [0.15, 0.2) is 0 Å². The van der Waals surface area contributed by atoms with Crippen molar-refractivity contribution in [1.29, 1.82) is 0 Å². The number of carbonyl (C=O) groups excluding carboxylic acids is 1. The maximum Gasteiger partial charge on any atom is 0.237 e. The van der Waals surface area contributed by atoms with E-state index in [2.05, 4.69) is 17.1 Å². The molecule has 0 saturated carbocycles. The second-order valence-electron chi connectivity index (χ2n) is 5.93. The minimum absolute atomic E-state index is 0.0322. The smallest absolute Gasteiger partial charge is 0.237 e. The molecule has 1 heterocycles. The van der Waals surface area contributed by atoms with E-state index in [4.69, 9.17) is 0 Å². The van der Waals surface area contributed by atoms with E-state index in [0.29, 0.717) is 5.56 Å². The van der Waals surface area contributed by atoms with Crippen molar-refractivity contribution < 1.29 is 14.3 Å². The molecule has 0 aromatic heterocycles. The molecule has 1 fully saturated rings. The molecule has 2 rings (SSSR count). The summed E-state index contributed by atoms with van der Waals surface area (Å²) in [5.74, 6) is -0.372. The van der Waals surface area contributed by atoms with Gasteiger partial charge in [0, 0.05) is 0 Å². The van der Waals surface area contributed by atoms with E-state index in [1.54, 1.807) is 19.1 Å². The highest BCUT2D eigenvalue weighted by Gasteiger charge is 2.29. The Kier molecular flexibility index (Phi) is 5.91. The Balaban J connectivity index is 1.96. The van der Waals surface area contributed by atoms with Crippen molar-refractivity contribution in [3.05, 3.63) is 35.6 Å². The Bertz CT molecular complexity index is 492. The molecule has 0 bridgehead atoms. The van der Waals surface area contributed by atoms with E-state index >= 15 is 0 Å². The van der Waals surface area contributed by atoms with Gasteiger partial charge in [-0.2, -0.15) is 0 Å². The Morgan fingerprint density at radius 1 is 1.41 bits per heavy atom. The summed E-state index contributed by atoms with van der Waals surface area (Å²) < 4.78 is 12.9. The van der Waals surface area contributed by atoms with Crippen LogP contribution in [0.2, 0.25) is 0 Å². The molecule has 1 aliphatic rings. The third-order valence-electron chi connectivity index (χ3n) is 4.38. The highest BCUT2D eigenvalue weighted by atomic mass is 19.1. The highest BCUT2D eigenvalue weighted by molar-refractivity contribution is 5.82. The molecule has 22 heavy (non-hydrogen) atoms. The summed E-state index contributed by atoms with van der Waals surface area (Å²) in [6.45, 7) is 5.63. The van der Waals surface area contributed by atoms with Gasteiger partial charge in [0.05, 0.1) is 18.2 Å². The van der Waals surface area contributed by atoms with E-state index in [1.807, 2.05) is 0 Å². The molecule has 1 aromatic rings. The number of aliphatic hydroxyl groups excluding tert-OH is 1. The van der Waals surface area contributed by atoms with Gasteiger partial charge in [-0.3, -0.25) is 9.69 Å². The number of benzene rings is 1. The van der Waals surface area contributed by atoms with Crippen LogP contribution in [0.15, 0.2) is 24.3 Å². The van der Waals surface area contributed by atoms with Crippen LogP contribution >= 0.6 is 0 Å². The summed E-state index contributed by atoms with van der Waals surface area (Å²) in [6.07, 6.45) is 2.21. The van der Waals surface area contributed by atoms with Crippen LogP contribution in [0.5, 0.6) is 0 Å². The minimum atomic E-state index is -0.844. The van der Waals surface area contributed by atoms with Crippen molar-refractivity contribution in [2.24, 2.45) is 0 Å². The van der Waals surface area contributed by atoms with Gasteiger partial charge < -0.3 is 10.4 Å². The zero-order valence-corrected chi connectivity index (χ0v) is 13.3. The van der Waals surface area contributed by atoms with Crippen LogP contribution in [0.1, 0.15) is 44.8 Å². The van der Waals surface area contributed by atoms with E-state index in [1.165, 1.54) is 12.1 Å². The number of amides is 1. The number of carbonyl (C=O) groups is 1. The number of nitrogens with one attached hydrogen (secondary N) is 1. The number of nitrogens with zero attached hydrogens (tertiary/aromatic N) is 1. The van der Waals surface area contributed by atoms with Gasteiger partial charge >= 0.3 is 0 Å². The number of rotatable bonds is 5. The lowest BCUT2D eigenvalue weighted by Crippen LogP contribution is -2.52. The molecule has 1 saturated heterocycles. The van der Waals surface area contributed by atoms with Gasteiger partial charge in [-0.1, -0.05) is 25.5 Å². The molecule has 5 heteroatoms. The Labute approximate surface area is 131 Å². The summed E-state index contributed by atoms with van der Waals surface area (Å²) in [7, 11) is 0. The number of piperidine rings is 1. The number of likely N-dealkylation sites (tertiary alicyclic amines) is 1. The lowest BCUT2D eigenvalue weighted by atomic mass is 9.99. The number of halogens is 1. The van der Waals surface area contributed by atoms with E-state index in [9.17, 15) is 14.3 Å². The van der Waals surface area contributed by atoms with Gasteiger partial charge in [-0.15, -0.1) is 0 Å². The number of hydrogen-bond acceptors (Lipinski definition) is 3. The van der Waals surface area contributed by atoms with Crippen molar-refractivity contribution in [2.45, 2.75) is 51.3 Å².